The standard InChI is InChI=1S/C29H24O4/c1-32-27(30)29(28(31)33-2,20-12-15-21-13-6-3-7-14-21)26-24(22-16-8-4-9-17-22)25(26)23-18-10-5-11-19-23/h3-11,13-14,16-19,26H,20H2,1-2H3. The fourth-order valence-corrected chi connectivity index (χ4v) is 4.33. The predicted molar refractivity (Wildman–Crippen MR) is 128 cm³/mol. The molecule has 0 saturated carbocycles. The van der Waals surface area contributed by atoms with Crippen LogP contribution in [0.15, 0.2) is 91.0 Å². The maximum atomic E-state index is 13.3. The summed E-state index contributed by atoms with van der Waals surface area (Å²) in [6.07, 6.45) is -0.0292. The van der Waals surface area contributed by atoms with Crippen LogP contribution < -0.4 is 0 Å². The molecule has 0 radical (unpaired) electrons. The van der Waals surface area contributed by atoms with Crippen LogP contribution in [-0.4, -0.2) is 26.2 Å². The van der Waals surface area contributed by atoms with Gasteiger partial charge in [0.05, 0.1) is 14.2 Å². The Morgan fingerprint density at radius 3 is 1.58 bits per heavy atom. The molecule has 0 atom stereocenters. The van der Waals surface area contributed by atoms with Gasteiger partial charge in [-0.2, -0.15) is 0 Å². The van der Waals surface area contributed by atoms with Gasteiger partial charge in [-0.05, 0) is 34.4 Å². The summed E-state index contributed by atoms with van der Waals surface area (Å²) in [5.41, 5.74) is 2.96. The van der Waals surface area contributed by atoms with Gasteiger partial charge in [0.1, 0.15) is 0 Å². The zero-order chi connectivity index (χ0) is 23.3. The zero-order valence-electron chi connectivity index (χ0n) is 18.6. The van der Waals surface area contributed by atoms with E-state index in [2.05, 4.69) is 11.8 Å². The van der Waals surface area contributed by atoms with Crippen LogP contribution in [0.25, 0.3) is 11.1 Å². The summed E-state index contributed by atoms with van der Waals surface area (Å²) in [5, 5.41) is 0. The SMILES string of the molecule is COC(=O)C(CC#Cc1ccccc1)(C(=O)OC)C1C(c2ccccc2)=C1c1ccccc1. The van der Waals surface area contributed by atoms with Gasteiger partial charge in [-0.3, -0.25) is 9.59 Å². The second-order valence-corrected chi connectivity index (χ2v) is 7.79. The Bertz CT molecular complexity index is 1170. The number of benzene rings is 3. The largest absolute Gasteiger partial charge is 0.468 e. The van der Waals surface area contributed by atoms with Gasteiger partial charge in [-0.15, -0.1) is 0 Å². The highest BCUT2D eigenvalue weighted by Crippen LogP contribution is 2.62. The lowest BCUT2D eigenvalue weighted by atomic mass is 9.75. The normalized spacial score (nSPS) is 13.0. The van der Waals surface area contributed by atoms with Crippen molar-refractivity contribution in [2.45, 2.75) is 6.42 Å². The summed E-state index contributed by atoms with van der Waals surface area (Å²) in [4.78, 5) is 26.6. The molecule has 0 amide bonds. The van der Waals surface area contributed by atoms with Gasteiger partial charge >= 0.3 is 11.9 Å². The molecule has 4 nitrogen and oxygen atoms in total. The molecule has 1 aliphatic carbocycles. The third-order valence-electron chi connectivity index (χ3n) is 5.92. The molecule has 33 heavy (non-hydrogen) atoms. The molecule has 0 heterocycles. The molecule has 0 spiro atoms. The molecule has 3 aromatic rings. The van der Waals surface area contributed by atoms with Gasteiger partial charge in [0.15, 0.2) is 5.41 Å². The fourth-order valence-electron chi connectivity index (χ4n) is 4.33. The second kappa shape index (κ2) is 9.58. The topological polar surface area (TPSA) is 52.6 Å². The molecule has 3 aromatic carbocycles. The number of esters is 2. The van der Waals surface area contributed by atoms with E-state index in [1.807, 2.05) is 91.0 Å². The van der Waals surface area contributed by atoms with E-state index >= 15 is 0 Å². The molecule has 1 aliphatic rings. The number of rotatable bonds is 6. The second-order valence-electron chi connectivity index (χ2n) is 7.79. The number of carbonyl (C=O) groups excluding carboxylic acids is 2. The Morgan fingerprint density at radius 1 is 0.727 bits per heavy atom. The van der Waals surface area contributed by atoms with E-state index in [9.17, 15) is 9.59 Å². The maximum Gasteiger partial charge on any atom is 0.325 e. The van der Waals surface area contributed by atoms with Crippen molar-refractivity contribution in [1.82, 2.24) is 0 Å². The van der Waals surface area contributed by atoms with Gasteiger partial charge in [-0.25, -0.2) is 0 Å². The van der Waals surface area contributed by atoms with Crippen LogP contribution in [0.4, 0.5) is 0 Å². The lowest BCUT2D eigenvalue weighted by Crippen LogP contribution is -2.44. The van der Waals surface area contributed by atoms with E-state index in [1.165, 1.54) is 14.2 Å². The van der Waals surface area contributed by atoms with E-state index in [1.54, 1.807) is 0 Å². The first-order valence-electron chi connectivity index (χ1n) is 10.7. The summed E-state index contributed by atoms with van der Waals surface area (Å²) in [6.45, 7) is 0. The van der Waals surface area contributed by atoms with Crippen LogP contribution in [0, 0.1) is 23.2 Å². The molecule has 0 aromatic heterocycles. The molecule has 164 valence electrons. The Hall–Kier alpha value is -4.10. The minimum absolute atomic E-state index is 0.0292. The summed E-state index contributed by atoms with van der Waals surface area (Å²) in [5.74, 6) is 4.32. The Balaban J connectivity index is 1.83. The first kappa shape index (κ1) is 22.1. The van der Waals surface area contributed by atoms with Crippen molar-refractivity contribution in [1.29, 1.82) is 0 Å². The van der Waals surface area contributed by atoms with Crippen LogP contribution in [0.5, 0.6) is 0 Å². The molecule has 0 saturated heterocycles. The molecular formula is C29H24O4. The first-order chi connectivity index (χ1) is 16.1. The van der Waals surface area contributed by atoms with Crippen LogP contribution in [0.1, 0.15) is 23.1 Å². The van der Waals surface area contributed by atoms with E-state index in [0.29, 0.717) is 0 Å². The monoisotopic (exact) mass is 436 g/mol. The Morgan fingerprint density at radius 2 is 1.15 bits per heavy atom. The van der Waals surface area contributed by atoms with Crippen LogP contribution in [0.3, 0.4) is 0 Å². The third kappa shape index (κ3) is 4.18. The van der Waals surface area contributed by atoms with Crippen molar-refractivity contribution >= 4 is 23.1 Å². The average molecular weight is 437 g/mol. The number of allylic oxidation sites excluding steroid dienone is 2. The van der Waals surface area contributed by atoms with Crippen molar-refractivity contribution in [2.75, 3.05) is 14.2 Å². The number of hydrogen-bond acceptors (Lipinski definition) is 4. The minimum Gasteiger partial charge on any atom is -0.468 e. The molecule has 0 aliphatic heterocycles. The summed E-state index contributed by atoms with van der Waals surface area (Å²) >= 11 is 0. The zero-order valence-corrected chi connectivity index (χ0v) is 18.6. The van der Waals surface area contributed by atoms with Crippen molar-refractivity contribution in [3.8, 4) is 11.8 Å². The minimum atomic E-state index is -1.61. The van der Waals surface area contributed by atoms with Crippen LogP contribution in [0.2, 0.25) is 0 Å². The van der Waals surface area contributed by atoms with Gasteiger partial charge in [-0.1, -0.05) is 90.7 Å². The fraction of sp³-hybridized carbons (Fsp3) is 0.172. The first-order valence-corrected chi connectivity index (χ1v) is 10.7. The highest BCUT2D eigenvalue weighted by atomic mass is 16.5. The van der Waals surface area contributed by atoms with Gasteiger partial charge in [0, 0.05) is 17.9 Å². The van der Waals surface area contributed by atoms with E-state index < -0.39 is 23.3 Å². The quantitative estimate of drug-likeness (QED) is 0.310. The highest BCUT2D eigenvalue weighted by molar-refractivity contribution is 6.18. The Labute approximate surface area is 193 Å². The number of hydrogen-bond donors (Lipinski definition) is 0. The lowest BCUT2D eigenvalue weighted by molar-refractivity contribution is -0.169. The third-order valence-corrected chi connectivity index (χ3v) is 5.92. The van der Waals surface area contributed by atoms with Gasteiger partial charge < -0.3 is 9.47 Å². The lowest BCUT2D eigenvalue weighted by Gasteiger charge is -2.28. The highest BCUT2D eigenvalue weighted by Gasteiger charge is 2.63. The van der Waals surface area contributed by atoms with Crippen LogP contribution in [-0.2, 0) is 19.1 Å². The van der Waals surface area contributed by atoms with Crippen molar-refractivity contribution in [3.63, 3.8) is 0 Å². The molecule has 4 rings (SSSR count). The van der Waals surface area contributed by atoms with Crippen LogP contribution >= 0.6 is 0 Å². The molecule has 4 heteroatoms. The molecule has 0 bridgehead atoms. The smallest absolute Gasteiger partial charge is 0.325 e. The van der Waals surface area contributed by atoms with E-state index in [-0.39, 0.29) is 6.42 Å². The summed E-state index contributed by atoms with van der Waals surface area (Å²) in [6, 6.07) is 29.0. The predicted octanol–water partition coefficient (Wildman–Crippen LogP) is 5.00. The number of carbonyl (C=O) groups is 2. The molecule has 0 N–H and O–H groups in total. The number of ether oxygens (including phenoxy) is 2. The Kier molecular flexibility index (Phi) is 6.42. The summed E-state index contributed by atoms with van der Waals surface area (Å²) in [7, 11) is 2.58. The van der Waals surface area contributed by atoms with Gasteiger partial charge in [0.2, 0.25) is 0 Å². The molecule has 0 unspecified atom stereocenters. The van der Waals surface area contributed by atoms with Crippen molar-refractivity contribution in [2.24, 2.45) is 11.3 Å². The molecule has 0 fully saturated rings. The maximum absolute atomic E-state index is 13.3. The average Bonchev–Trinajstić information content (AvgIpc) is 3.63. The van der Waals surface area contributed by atoms with Crippen molar-refractivity contribution in [3.05, 3.63) is 108 Å². The van der Waals surface area contributed by atoms with E-state index in [0.717, 1.165) is 27.8 Å². The van der Waals surface area contributed by atoms with Gasteiger partial charge in [0.25, 0.3) is 0 Å². The molecular weight excluding hydrogens is 412 g/mol. The van der Waals surface area contributed by atoms with Crippen molar-refractivity contribution < 1.29 is 19.1 Å². The number of methoxy groups -OCH3 is 2. The summed E-state index contributed by atoms with van der Waals surface area (Å²) < 4.78 is 10.4. The van der Waals surface area contributed by atoms with E-state index in [4.69, 9.17) is 9.47 Å².